The smallest absolute Gasteiger partial charge is 0.236 e. The van der Waals surface area contributed by atoms with Gasteiger partial charge < -0.3 is 15.8 Å². The van der Waals surface area contributed by atoms with E-state index in [1.54, 1.807) is 0 Å². The van der Waals surface area contributed by atoms with Gasteiger partial charge in [0, 0.05) is 12.6 Å². The lowest BCUT2D eigenvalue weighted by molar-refractivity contribution is -0.121. The normalized spacial score (nSPS) is 13.2. The molecule has 0 bridgehead atoms. The maximum absolute atomic E-state index is 10.9. The van der Waals surface area contributed by atoms with Crippen LogP contribution in [-0.4, -0.2) is 31.2 Å². The van der Waals surface area contributed by atoms with Crippen LogP contribution in [0.4, 0.5) is 0 Å². The van der Waals surface area contributed by atoms with Crippen molar-refractivity contribution in [3.05, 3.63) is 0 Å². The molecule has 4 heteroatoms. The summed E-state index contributed by atoms with van der Waals surface area (Å²) < 4.78 is 5.24. The monoisotopic (exact) mass is 188 g/mol. The van der Waals surface area contributed by atoms with Crippen LogP contribution in [0.3, 0.4) is 0 Å². The topological polar surface area (TPSA) is 64.3 Å². The van der Waals surface area contributed by atoms with Gasteiger partial charge in [-0.3, -0.25) is 4.79 Å². The van der Waals surface area contributed by atoms with Gasteiger partial charge >= 0.3 is 0 Å². The highest BCUT2D eigenvalue weighted by Crippen LogP contribution is 1.90. The second-order valence-corrected chi connectivity index (χ2v) is 3.35. The first kappa shape index (κ1) is 12.4. The van der Waals surface area contributed by atoms with Gasteiger partial charge in [0.15, 0.2) is 0 Å². The minimum atomic E-state index is -0.369. The molecule has 1 atom stereocenters. The van der Waals surface area contributed by atoms with E-state index in [1.165, 1.54) is 0 Å². The molecular weight excluding hydrogens is 168 g/mol. The summed E-state index contributed by atoms with van der Waals surface area (Å²) in [6.45, 7) is 6.99. The zero-order valence-electron chi connectivity index (χ0n) is 8.67. The Labute approximate surface area is 79.8 Å². The molecule has 13 heavy (non-hydrogen) atoms. The SMILES string of the molecule is CCCOCC(NC(C)C)C(N)=O. The standard InChI is InChI=1S/C9H20N2O2/c1-4-5-13-6-8(9(10)12)11-7(2)3/h7-8,11H,4-6H2,1-3H3,(H2,10,12). The highest BCUT2D eigenvalue weighted by Gasteiger charge is 2.15. The summed E-state index contributed by atoms with van der Waals surface area (Å²) >= 11 is 0. The highest BCUT2D eigenvalue weighted by atomic mass is 16.5. The quantitative estimate of drug-likeness (QED) is 0.563. The van der Waals surface area contributed by atoms with E-state index in [0.29, 0.717) is 13.2 Å². The molecule has 0 aliphatic rings. The predicted molar refractivity (Wildman–Crippen MR) is 52.4 cm³/mol. The van der Waals surface area contributed by atoms with Gasteiger partial charge in [0.25, 0.3) is 0 Å². The third kappa shape index (κ3) is 6.54. The molecule has 0 rings (SSSR count). The number of amides is 1. The highest BCUT2D eigenvalue weighted by molar-refractivity contribution is 5.80. The van der Waals surface area contributed by atoms with E-state index in [0.717, 1.165) is 6.42 Å². The Balaban J connectivity index is 3.74. The van der Waals surface area contributed by atoms with Crippen molar-refractivity contribution in [2.24, 2.45) is 5.73 Å². The number of ether oxygens (including phenoxy) is 1. The predicted octanol–water partition coefficient (Wildman–Crippen LogP) is 0.265. The van der Waals surface area contributed by atoms with Crippen LogP contribution < -0.4 is 11.1 Å². The zero-order valence-corrected chi connectivity index (χ0v) is 8.67. The number of hydrogen-bond acceptors (Lipinski definition) is 3. The van der Waals surface area contributed by atoms with Gasteiger partial charge in [-0.05, 0) is 6.42 Å². The number of carbonyl (C=O) groups excluding carboxylic acids is 1. The van der Waals surface area contributed by atoms with Gasteiger partial charge in [-0.15, -0.1) is 0 Å². The van der Waals surface area contributed by atoms with Crippen molar-refractivity contribution in [2.75, 3.05) is 13.2 Å². The summed E-state index contributed by atoms with van der Waals surface area (Å²) in [4.78, 5) is 10.9. The summed E-state index contributed by atoms with van der Waals surface area (Å²) in [5.74, 6) is -0.357. The molecule has 3 N–H and O–H groups in total. The molecule has 0 saturated heterocycles. The summed E-state index contributed by atoms with van der Waals surface area (Å²) in [6, 6.07) is -0.130. The largest absolute Gasteiger partial charge is 0.379 e. The average molecular weight is 188 g/mol. The molecule has 0 heterocycles. The summed E-state index contributed by atoms with van der Waals surface area (Å²) in [5.41, 5.74) is 5.19. The minimum Gasteiger partial charge on any atom is -0.379 e. The zero-order chi connectivity index (χ0) is 10.3. The molecule has 0 aliphatic heterocycles. The van der Waals surface area contributed by atoms with Crippen LogP contribution >= 0.6 is 0 Å². The van der Waals surface area contributed by atoms with Crippen LogP contribution in [0.2, 0.25) is 0 Å². The molecule has 1 amide bonds. The first-order chi connectivity index (χ1) is 6.07. The fourth-order valence-corrected chi connectivity index (χ4v) is 0.960. The Kier molecular flexibility index (Phi) is 6.54. The van der Waals surface area contributed by atoms with Gasteiger partial charge in [-0.1, -0.05) is 20.8 Å². The lowest BCUT2D eigenvalue weighted by Gasteiger charge is -2.17. The lowest BCUT2D eigenvalue weighted by Crippen LogP contribution is -2.47. The first-order valence-electron chi connectivity index (χ1n) is 4.71. The lowest BCUT2D eigenvalue weighted by atomic mass is 10.2. The fourth-order valence-electron chi connectivity index (χ4n) is 0.960. The molecule has 4 nitrogen and oxygen atoms in total. The minimum absolute atomic E-state index is 0.239. The van der Waals surface area contributed by atoms with Crippen molar-refractivity contribution in [3.8, 4) is 0 Å². The molecule has 0 saturated carbocycles. The number of carbonyl (C=O) groups is 1. The second-order valence-electron chi connectivity index (χ2n) is 3.35. The van der Waals surface area contributed by atoms with Crippen LogP contribution in [0.25, 0.3) is 0 Å². The number of rotatable bonds is 7. The Morgan fingerprint density at radius 3 is 2.54 bits per heavy atom. The van der Waals surface area contributed by atoms with E-state index in [9.17, 15) is 4.79 Å². The van der Waals surface area contributed by atoms with Crippen molar-refractivity contribution >= 4 is 5.91 Å². The van der Waals surface area contributed by atoms with Crippen molar-refractivity contribution in [2.45, 2.75) is 39.3 Å². The van der Waals surface area contributed by atoms with Gasteiger partial charge in [0.1, 0.15) is 6.04 Å². The molecule has 0 aromatic heterocycles. The maximum atomic E-state index is 10.9. The van der Waals surface area contributed by atoms with E-state index in [4.69, 9.17) is 10.5 Å². The van der Waals surface area contributed by atoms with Crippen molar-refractivity contribution in [3.63, 3.8) is 0 Å². The van der Waals surface area contributed by atoms with Gasteiger partial charge in [-0.2, -0.15) is 0 Å². The van der Waals surface area contributed by atoms with Crippen LogP contribution in [-0.2, 0) is 9.53 Å². The molecule has 0 aliphatic carbocycles. The van der Waals surface area contributed by atoms with E-state index >= 15 is 0 Å². The summed E-state index contributed by atoms with van der Waals surface area (Å²) in [7, 11) is 0. The van der Waals surface area contributed by atoms with E-state index in [1.807, 2.05) is 20.8 Å². The Bertz CT molecular complexity index is 149. The number of hydrogen-bond donors (Lipinski definition) is 2. The summed E-state index contributed by atoms with van der Waals surface area (Å²) in [5, 5.41) is 3.04. The fraction of sp³-hybridized carbons (Fsp3) is 0.889. The third-order valence-electron chi connectivity index (χ3n) is 1.51. The Morgan fingerprint density at radius 2 is 2.15 bits per heavy atom. The third-order valence-corrected chi connectivity index (χ3v) is 1.51. The molecule has 1 unspecified atom stereocenters. The van der Waals surface area contributed by atoms with E-state index < -0.39 is 0 Å². The number of nitrogens with one attached hydrogen (secondary N) is 1. The van der Waals surface area contributed by atoms with Crippen molar-refractivity contribution in [1.82, 2.24) is 5.32 Å². The summed E-state index contributed by atoms with van der Waals surface area (Å²) in [6.07, 6.45) is 0.952. The molecule has 0 aromatic carbocycles. The van der Waals surface area contributed by atoms with Gasteiger partial charge in [0.2, 0.25) is 5.91 Å². The molecule has 0 spiro atoms. The van der Waals surface area contributed by atoms with Crippen LogP contribution in [0.1, 0.15) is 27.2 Å². The van der Waals surface area contributed by atoms with Gasteiger partial charge in [0.05, 0.1) is 6.61 Å². The van der Waals surface area contributed by atoms with Crippen LogP contribution in [0, 0.1) is 0 Å². The molecule has 0 radical (unpaired) electrons. The molecular formula is C9H20N2O2. The van der Waals surface area contributed by atoms with E-state index in [-0.39, 0.29) is 18.0 Å². The molecule has 0 fully saturated rings. The van der Waals surface area contributed by atoms with Crippen LogP contribution in [0.15, 0.2) is 0 Å². The molecule has 78 valence electrons. The molecule has 0 aromatic rings. The Hall–Kier alpha value is -0.610. The second kappa shape index (κ2) is 6.86. The van der Waals surface area contributed by atoms with Crippen LogP contribution in [0.5, 0.6) is 0 Å². The van der Waals surface area contributed by atoms with Crippen molar-refractivity contribution < 1.29 is 9.53 Å². The van der Waals surface area contributed by atoms with E-state index in [2.05, 4.69) is 5.32 Å². The number of nitrogens with two attached hydrogens (primary N) is 1. The average Bonchev–Trinajstić information content (AvgIpc) is 2.02. The first-order valence-corrected chi connectivity index (χ1v) is 4.71. The van der Waals surface area contributed by atoms with Crippen molar-refractivity contribution in [1.29, 1.82) is 0 Å². The maximum Gasteiger partial charge on any atom is 0.236 e. The Morgan fingerprint density at radius 1 is 1.54 bits per heavy atom. The number of primary amides is 1. The van der Waals surface area contributed by atoms with Gasteiger partial charge in [-0.25, -0.2) is 0 Å².